The maximum absolute atomic E-state index is 12.2. The van der Waals surface area contributed by atoms with Crippen molar-refractivity contribution in [3.63, 3.8) is 0 Å². The fourth-order valence-corrected chi connectivity index (χ4v) is 2.35. The number of benzene rings is 1. The smallest absolute Gasteiger partial charge is 0.341 e. The molecule has 0 aliphatic carbocycles. The van der Waals surface area contributed by atoms with Crippen molar-refractivity contribution in [2.24, 2.45) is 0 Å². The van der Waals surface area contributed by atoms with Gasteiger partial charge in [0.05, 0.1) is 11.6 Å². The summed E-state index contributed by atoms with van der Waals surface area (Å²) in [5.41, 5.74) is 0.659. The molecule has 2 rings (SSSR count). The van der Waals surface area contributed by atoms with Gasteiger partial charge in [0.15, 0.2) is 12.4 Å². The van der Waals surface area contributed by atoms with Crippen LogP contribution in [0.1, 0.15) is 20.7 Å². The third-order valence-electron chi connectivity index (χ3n) is 2.87. The fourth-order valence-electron chi connectivity index (χ4n) is 1.84. The van der Waals surface area contributed by atoms with Gasteiger partial charge in [-0.05, 0) is 46.3 Å². The largest absolute Gasteiger partial charge is 1.00 e. The fraction of sp³-hybridized carbons (Fsp3) is 0.133. The number of rotatable bonds is 5. The van der Waals surface area contributed by atoms with E-state index in [0.29, 0.717) is 15.8 Å². The summed E-state index contributed by atoms with van der Waals surface area (Å²) < 4.78 is 7.18. The molecule has 116 valence electrons. The molecule has 0 bridgehead atoms. The van der Waals surface area contributed by atoms with Crippen LogP contribution < -0.4 is 26.3 Å². The van der Waals surface area contributed by atoms with Crippen LogP contribution in [0.2, 0.25) is 0 Å². The van der Waals surface area contributed by atoms with Crippen molar-refractivity contribution in [3.05, 3.63) is 58.3 Å². The Labute approximate surface area is 146 Å². The molecule has 1 N–H and O–H groups in total. The number of aromatic carboxylic acids is 1. The topological polar surface area (TPSA) is 67.5 Å². The highest BCUT2D eigenvalue weighted by molar-refractivity contribution is 9.10. The number of hydrogen-bond acceptors (Lipinski definition) is 3. The quantitative estimate of drug-likeness (QED) is 0.504. The zero-order valence-electron chi connectivity index (χ0n) is 11.6. The molecular weight excluding hydrogens is 418 g/mol. The number of methoxy groups -OCH3 is 1. The van der Waals surface area contributed by atoms with Crippen molar-refractivity contribution < 1.29 is 41.0 Å². The molecule has 1 heterocycles. The lowest BCUT2D eigenvalue weighted by Gasteiger charge is -2.02. The van der Waals surface area contributed by atoms with Gasteiger partial charge in [-0.15, -0.1) is 0 Å². The molecule has 1 aromatic carbocycles. The highest BCUT2D eigenvalue weighted by atomic mass is 79.9. The van der Waals surface area contributed by atoms with Crippen molar-refractivity contribution >= 4 is 27.7 Å². The number of ether oxygens (including phenoxy) is 1. The van der Waals surface area contributed by atoms with Crippen LogP contribution in [-0.4, -0.2) is 24.0 Å². The molecule has 0 saturated carbocycles. The minimum atomic E-state index is -1.04. The molecule has 2 aromatic rings. The molecule has 0 amide bonds. The van der Waals surface area contributed by atoms with Crippen molar-refractivity contribution in [1.82, 2.24) is 0 Å². The molecule has 0 spiro atoms. The van der Waals surface area contributed by atoms with Crippen molar-refractivity contribution in [2.75, 3.05) is 7.11 Å². The summed E-state index contributed by atoms with van der Waals surface area (Å²) in [5, 5.41) is 9.01. The van der Waals surface area contributed by atoms with Gasteiger partial charge in [0, 0.05) is 5.56 Å². The van der Waals surface area contributed by atoms with E-state index < -0.39 is 5.97 Å². The summed E-state index contributed by atoms with van der Waals surface area (Å²) in [4.78, 5) is 23.2. The molecule has 5 nitrogen and oxygen atoms in total. The maximum Gasteiger partial charge on any atom is 0.341 e. The Morgan fingerprint density at radius 3 is 2.36 bits per heavy atom. The van der Waals surface area contributed by atoms with Crippen LogP contribution in [0, 0.1) is 0 Å². The number of halogens is 2. The van der Waals surface area contributed by atoms with Gasteiger partial charge in [0.1, 0.15) is 11.3 Å². The van der Waals surface area contributed by atoms with Crippen LogP contribution in [0.4, 0.5) is 0 Å². The number of hydrogen-bond donors (Lipinski definition) is 1. The van der Waals surface area contributed by atoms with Gasteiger partial charge in [-0.25, -0.2) is 4.79 Å². The van der Waals surface area contributed by atoms with E-state index in [9.17, 15) is 9.59 Å². The first kappa shape index (κ1) is 18.3. The highest BCUT2D eigenvalue weighted by Crippen LogP contribution is 2.12. The molecule has 0 aliphatic heterocycles. The highest BCUT2D eigenvalue weighted by Gasteiger charge is 2.16. The predicted molar refractivity (Wildman–Crippen MR) is 78.6 cm³/mol. The molecule has 1 aromatic heterocycles. The number of aromatic nitrogens is 1. The molecule has 0 aliphatic rings. The van der Waals surface area contributed by atoms with E-state index in [-0.39, 0.29) is 34.9 Å². The maximum atomic E-state index is 12.2. The van der Waals surface area contributed by atoms with Crippen molar-refractivity contribution in [1.29, 1.82) is 0 Å². The normalized spacial score (nSPS) is 9.73. The molecule has 0 atom stereocenters. The third-order valence-corrected chi connectivity index (χ3v) is 3.31. The first-order valence-electron chi connectivity index (χ1n) is 6.10. The van der Waals surface area contributed by atoms with E-state index in [0.717, 1.165) is 0 Å². The molecule has 22 heavy (non-hydrogen) atoms. The summed E-state index contributed by atoms with van der Waals surface area (Å²) in [6.07, 6.45) is 3.09. The zero-order valence-corrected chi connectivity index (χ0v) is 14.8. The van der Waals surface area contributed by atoms with Gasteiger partial charge in [-0.3, -0.25) is 4.79 Å². The Hall–Kier alpha value is -1.73. The predicted octanol–water partition coefficient (Wildman–Crippen LogP) is -0.670. The van der Waals surface area contributed by atoms with Gasteiger partial charge in [0.2, 0.25) is 12.3 Å². The first-order chi connectivity index (χ1) is 9.99. The number of carbonyl (C=O) groups is 2. The van der Waals surface area contributed by atoms with Crippen LogP contribution in [0.25, 0.3) is 0 Å². The molecule has 7 heteroatoms. The van der Waals surface area contributed by atoms with Gasteiger partial charge < -0.3 is 26.8 Å². The Kier molecular flexibility index (Phi) is 6.70. The molecule has 0 fully saturated rings. The Morgan fingerprint density at radius 1 is 1.18 bits per heavy atom. The summed E-state index contributed by atoms with van der Waals surface area (Å²) in [7, 11) is 1.56. The van der Waals surface area contributed by atoms with E-state index in [1.54, 1.807) is 42.1 Å². The summed E-state index contributed by atoms with van der Waals surface area (Å²) in [6, 6.07) is 8.26. The lowest BCUT2D eigenvalue weighted by molar-refractivity contribution is -0.683. The van der Waals surface area contributed by atoms with Crippen molar-refractivity contribution in [2.45, 2.75) is 6.54 Å². The van der Waals surface area contributed by atoms with Crippen LogP contribution in [-0.2, 0) is 6.54 Å². The van der Waals surface area contributed by atoms with E-state index in [1.807, 2.05) is 0 Å². The molecular formula is C15H13Br2NO4. The molecule has 0 radical (unpaired) electrons. The summed E-state index contributed by atoms with van der Waals surface area (Å²) >= 11 is 3.23. The number of pyridine rings is 1. The zero-order chi connectivity index (χ0) is 15.4. The minimum Gasteiger partial charge on any atom is -1.00 e. The lowest BCUT2D eigenvalue weighted by Crippen LogP contribution is -3.00. The number of carboxylic acid groups (broad SMARTS) is 1. The minimum absolute atomic E-state index is 0. The second-order valence-corrected chi connectivity index (χ2v) is 5.29. The Balaban J connectivity index is 0.00000242. The summed E-state index contributed by atoms with van der Waals surface area (Å²) in [6.45, 7) is 0.0616. The van der Waals surface area contributed by atoms with Gasteiger partial charge in [0.25, 0.3) is 0 Å². The first-order valence-corrected chi connectivity index (χ1v) is 6.89. The Morgan fingerprint density at radius 2 is 1.82 bits per heavy atom. The van der Waals surface area contributed by atoms with Gasteiger partial charge in [-0.2, -0.15) is 4.57 Å². The van der Waals surface area contributed by atoms with Crippen LogP contribution in [0.3, 0.4) is 0 Å². The van der Waals surface area contributed by atoms with Crippen LogP contribution in [0.15, 0.2) is 47.2 Å². The molecule has 0 unspecified atom stereocenters. The number of ketones is 1. The van der Waals surface area contributed by atoms with Crippen LogP contribution in [0.5, 0.6) is 5.75 Å². The van der Waals surface area contributed by atoms with Gasteiger partial charge in [-0.1, -0.05) is 0 Å². The van der Waals surface area contributed by atoms with Gasteiger partial charge >= 0.3 is 5.97 Å². The number of carbonyl (C=O) groups excluding carboxylic acids is 1. The SMILES string of the molecule is COc1ccc(C(=O)C[n+]2cc(Br)cc(C(=O)O)c2)cc1.[Br-]. The number of carboxylic acids is 1. The van der Waals surface area contributed by atoms with Crippen molar-refractivity contribution in [3.8, 4) is 5.75 Å². The van der Waals surface area contributed by atoms with E-state index in [1.165, 1.54) is 12.3 Å². The number of Topliss-reactive ketones (excluding diaryl/α,β-unsaturated/α-hetero) is 1. The Bertz CT molecular complexity index is 686. The lowest BCUT2D eigenvalue weighted by atomic mass is 10.1. The van der Waals surface area contributed by atoms with E-state index in [2.05, 4.69) is 15.9 Å². The second kappa shape index (κ2) is 8.05. The monoisotopic (exact) mass is 429 g/mol. The molecule has 0 saturated heterocycles. The third kappa shape index (κ3) is 4.64. The van der Waals surface area contributed by atoms with E-state index in [4.69, 9.17) is 9.84 Å². The average molecular weight is 431 g/mol. The van der Waals surface area contributed by atoms with E-state index >= 15 is 0 Å². The average Bonchev–Trinajstić information content (AvgIpc) is 2.46. The standard InChI is InChI=1S/C15H12BrNO4.BrH/c1-21-13-4-2-10(3-5-13)14(18)9-17-7-11(15(19)20)6-12(16)8-17;/h2-8H,9H2,1H3;1H. The summed E-state index contributed by atoms with van der Waals surface area (Å²) in [5.74, 6) is -0.478. The second-order valence-electron chi connectivity index (χ2n) is 4.37. The van der Waals surface area contributed by atoms with Crippen LogP contribution >= 0.6 is 15.9 Å². The number of nitrogens with zero attached hydrogens (tertiary/aromatic N) is 1.